The highest BCUT2D eigenvalue weighted by Crippen LogP contribution is 2.22. The minimum Gasteiger partial charge on any atom is -0.490 e. The van der Waals surface area contributed by atoms with E-state index < -0.39 is 0 Å². The van der Waals surface area contributed by atoms with Crippen LogP contribution in [-0.2, 0) is 0 Å². The quantitative estimate of drug-likeness (QED) is 0.455. The first-order valence-electron chi connectivity index (χ1n) is 8.30. The molecule has 5 nitrogen and oxygen atoms in total. The van der Waals surface area contributed by atoms with Crippen LogP contribution in [0.3, 0.4) is 0 Å². The van der Waals surface area contributed by atoms with Crippen LogP contribution in [0.2, 0.25) is 5.02 Å². The maximum absolute atomic E-state index is 6.06. The van der Waals surface area contributed by atoms with Gasteiger partial charge in [-0.05, 0) is 38.1 Å². The molecule has 1 heterocycles. The number of benzene rings is 1. The van der Waals surface area contributed by atoms with Crippen molar-refractivity contribution in [1.29, 1.82) is 0 Å². The molecule has 1 aliphatic heterocycles. The summed E-state index contributed by atoms with van der Waals surface area (Å²) in [6, 6.07) is 8.11. The van der Waals surface area contributed by atoms with Crippen LogP contribution in [0.4, 0.5) is 0 Å². The number of nitrogens with zero attached hydrogens (tertiary/aromatic N) is 2. The Balaban J connectivity index is 1.66. The van der Waals surface area contributed by atoms with Gasteiger partial charge in [0.05, 0.1) is 11.6 Å². The van der Waals surface area contributed by atoms with Gasteiger partial charge in [0.25, 0.3) is 0 Å². The largest absolute Gasteiger partial charge is 0.490 e. The molecule has 2 rings (SSSR count). The molecule has 1 saturated heterocycles. The van der Waals surface area contributed by atoms with Gasteiger partial charge in [0.15, 0.2) is 5.96 Å². The summed E-state index contributed by atoms with van der Waals surface area (Å²) in [7, 11) is 1.79. The number of guanidine groups is 1. The van der Waals surface area contributed by atoms with E-state index in [-0.39, 0.29) is 0 Å². The van der Waals surface area contributed by atoms with Gasteiger partial charge in [-0.1, -0.05) is 30.7 Å². The second kappa shape index (κ2) is 9.63. The Morgan fingerprint density at radius 3 is 2.96 bits per heavy atom. The zero-order valence-electron chi connectivity index (χ0n) is 14.0. The summed E-state index contributed by atoms with van der Waals surface area (Å²) in [4.78, 5) is 6.77. The Morgan fingerprint density at radius 2 is 2.22 bits per heavy atom. The predicted molar refractivity (Wildman–Crippen MR) is 96.6 cm³/mol. The standard InChI is InChI=1S/C17H27ClN4O/c1-3-22-11-6-7-14(22)13-21-17(19-2)20-10-12-23-16-9-5-4-8-15(16)18/h4-5,8-9,14H,3,6-7,10-13H2,1-2H3,(H2,19,20,21). The summed E-state index contributed by atoms with van der Waals surface area (Å²) < 4.78 is 5.66. The molecular weight excluding hydrogens is 312 g/mol. The number of para-hydroxylation sites is 1. The second-order valence-electron chi connectivity index (χ2n) is 5.58. The van der Waals surface area contributed by atoms with Crippen LogP contribution >= 0.6 is 11.6 Å². The Labute approximate surface area is 144 Å². The second-order valence-corrected chi connectivity index (χ2v) is 5.99. The summed E-state index contributed by atoms with van der Waals surface area (Å²) in [6.07, 6.45) is 2.55. The third-order valence-corrected chi connectivity index (χ3v) is 4.43. The van der Waals surface area contributed by atoms with Crippen molar-refractivity contribution in [3.8, 4) is 5.75 Å². The van der Waals surface area contributed by atoms with Crippen molar-refractivity contribution in [2.45, 2.75) is 25.8 Å². The highest BCUT2D eigenvalue weighted by atomic mass is 35.5. The summed E-state index contributed by atoms with van der Waals surface area (Å²) >= 11 is 6.06. The average Bonchev–Trinajstić information content (AvgIpc) is 3.03. The Hall–Kier alpha value is -1.46. The van der Waals surface area contributed by atoms with Crippen molar-refractivity contribution in [1.82, 2.24) is 15.5 Å². The molecule has 1 aliphatic rings. The molecule has 0 saturated carbocycles. The fraction of sp³-hybridized carbons (Fsp3) is 0.588. The maximum atomic E-state index is 6.06. The maximum Gasteiger partial charge on any atom is 0.191 e. The van der Waals surface area contributed by atoms with Crippen LogP contribution in [0.15, 0.2) is 29.3 Å². The SMILES string of the molecule is CCN1CCCC1CNC(=NC)NCCOc1ccccc1Cl. The van der Waals surface area contributed by atoms with E-state index in [0.717, 1.165) is 19.0 Å². The lowest BCUT2D eigenvalue weighted by molar-refractivity contribution is 0.266. The summed E-state index contributed by atoms with van der Waals surface area (Å²) in [5.41, 5.74) is 0. The van der Waals surface area contributed by atoms with Crippen molar-refractivity contribution in [3.05, 3.63) is 29.3 Å². The third kappa shape index (κ3) is 5.59. The van der Waals surface area contributed by atoms with Gasteiger partial charge in [-0.25, -0.2) is 0 Å². The molecule has 2 N–H and O–H groups in total. The number of rotatable bonds is 7. The molecular formula is C17H27ClN4O. The number of nitrogens with one attached hydrogen (secondary N) is 2. The number of likely N-dealkylation sites (tertiary alicyclic amines) is 1. The van der Waals surface area contributed by atoms with Crippen LogP contribution < -0.4 is 15.4 Å². The first kappa shape index (κ1) is 17.9. The van der Waals surface area contributed by atoms with Gasteiger partial charge in [0, 0.05) is 19.6 Å². The number of likely N-dealkylation sites (N-methyl/N-ethyl adjacent to an activating group) is 1. The Kier molecular flexibility index (Phi) is 7.49. The van der Waals surface area contributed by atoms with E-state index in [9.17, 15) is 0 Å². The van der Waals surface area contributed by atoms with Gasteiger partial charge in [0.1, 0.15) is 12.4 Å². The van der Waals surface area contributed by atoms with Gasteiger partial charge in [0.2, 0.25) is 0 Å². The lowest BCUT2D eigenvalue weighted by Gasteiger charge is -2.24. The van der Waals surface area contributed by atoms with Crippen LogP contribution in [0.25, 0.3) is 0 Å². The average molecular weight is 339 g/mol. The lowest BCUT2D eigenvalue weighted by atomic mass is 10.2. The van der Waals surface area contributed by atoms with Crippen LogP contribution in [-0.4, -0.2) is 56.7 Å². The highest BCUT2D eigenvalue weighted by molar-refractivity contribution is 6.32. The smallest absolute Gasteiger partial charge is 0.191 e. The first-order chi connectivity index (χ1) is 11.2. The number of aliphatic imine (C=N–C) groups is 1. The fourth-order valence-electron chi connectivity index (χ4n) is 2.87. The number of ether oxygens (including phenoxy) is 1. The molecule has 0 bridgehead atoms. The molecule has 128 valence electrons. The lowest BCUT2D eigenvalue weighted by Crippen LogP contribution is -2.45. The summed E-state index contributed by atoms with van der Waals surface area (Å²) in [5, 5.41) is 7.30. The number of hydrogen-bond donors (Lipinski definition) is 2. The van der Waals surface area contributed by atoms with E-state index in [4.69, 9.17) is 16.3 Å². The molecule has 0 aromatic heterocycles. The van der Waals surface area contributed by atoms with Crippen molar-refractivity contribution in [2.75, 3.05) is 39.8 Å². The van der Waals surface area contributed by atoms with Gasteiger partial charge in [-0.2, -0.15) is 0 Å². The molecule has 0 spiro atoms. The molecule has 0 radical (unpaired) electrons. The van der Waals surface area contributed by atoms with E-state index in [1.807, 2.05) is 24.3 Å². The van der Waals surface area contributed by atoms with Gasteiger partial charge in [-0.15, -0.1) is 0 Å². The Bertz CT molecular complexity index is 509. The molecule has 1 aromatic carbocycles. The van der Waals surface area contributed by atoms with Crippen molar-refractivity contribution in [3.63, 3.8) is 0 Å². The third-order valence-electron chi connectivity index (χ3n) is 4.12. The molecule has 1 fully saturated rings. The molecule has 1 aromatic rings. The van der Waals surface area contributed by atoms with Crippen molar-refractivity contribution < 1.29 is 4.74 Å². The minimum absolute atomic E-state index is 0.537. The minimum atomic E-state index is 0.537. The number of halogens is 1. The summed E-state index contributed by atoms with van der Waals surface area (Å²) in [5.74, 6) is 1.53. The zero-order chi connectivity index (χ0) is 16.5. The van der Waals surface area contributed by atoms with Crippen LogP contribution in [0.5, 0.6) is 5.75 Å². The van der Waals surface area contributed by atoms with E-state index in [0.29, 0.717) is 30.0 Å². The molecule has 6 heteroatoms. The molecule has 23 heavy (non-hydrogen) atoms. The Morgan fingerprint density at radius 1 is 1.39 bits per heavy atom. The topological polar surface area (TPSA) is 48.9 Å². The van der Waals surface area contributed by atoms with Gasteiger partial charge >= 0.3 is 0 Å². The van der Waals surface area contributed by atoms with Crippen LogP contribution in [0.1, 0.15) is 19.8 Å². The molecule has 0 aliphatic carbocycles. The van der Waals surface area contributed by atoms with Crippen molar-refractivity contribution in [2.24, 2.45) is 4.99 Å². The van der Waals surface area contributed by atoms with E-state index in [2.05, 4.69) is 27.4 Å². The molecule has 1 atom stereocenters. The molecule has 0 amide bonds. The highest BCUT2D eigenvalue weighted by Gasteiger charge is 2.22. The normalized spacial score (nSPS) is 18.9. The first-order valence-corrected chi connectivity index (χ1v) is 8.68. The van der Waals surface area contributed by atoms with Gasteiger partial charge in [-0.3, -0.25) is 9.89 Å². The van der Waals surface area contributed by atoms with Gasteiger partial charge < -0.3 is 15.4 Å². The van der Waals surface area contributed by atoms with E-state index in [1.165, 1.54) is 19.4 Å². The van der Waals surface area contributed by atoms with Crippen LogP contribution in [0, 0.1) is 0 Å². The zero-order valence-corrected chi connectivity index (χ0v) is 14.8. The van der Waals surface area contributed by atoms with Crippen molar-refractivity contribution >= 4 is 17.6 Å². The number of hydrogen-bond acceptors (Lipinski definition) is 3. The fourth-order valence-corrected chi connectivity index (χ4v) is 3.06. The van der Waals surface area contributed by atoms with E-state index in [1.54, 1.807) is 7.05 Å². The summed E-state index contributed by atoms with van der Waals surface area (Å²) in [6.45, 7) is 6.68. The monoisotopic (exact) mass is 338 g/mol. The predicted octanol–water partition coefficient (Wildman–Crippen LogP) is 2.37. The van der Waals surface area contributed by atoms with E-state index >= 15 is 0 Å². The molecule has 1 unspecified atom stereocenters.